The highest BCUT2D eigenvalue weighted by Gasteiger charge is 2.18. The molecule has 0 radical (unpaired) electrons. The molecule has 24 heavy (non-hydrogen) atoms. The predicted octanol–water partition coefficient (Wildman–Crippen LogP) is 3.91. The zero-order valence-corrected chi connectivity index (χ0v) is 17.9. The first-order valence-corrected chi connectivity index (χ1v) is 9.08. The Bertz CT molecular complexity index is 486. The molecular weight excluding hydrogens is 415 g/mol. The van der Waals surface area contributed by atoms with Crippen molar-refractivity contribution in [2.75, 3.05) is 13.6 Å². The quantitative estimate of drug-likeness (QED) is 0.394. The zero-order valence-electron chi connectivity index (χ0n) is 15.5. The van der Waals surface area contributed by atoms with E-state index in [4.69, 9.17) is 4.52 Å². The fourth-order valence-corrected chi connectivity index (χ4v) is 3.30. The number of aliphatic imine (C=N–C) groups is 1. The SMILES string of the molecule is CCc1noc(CC)c1CNC(=NC)NCC1CCC(C)CC1.I. The summed E-state index contributed by atoms with van der Waals surface area (Å²) in [5.74, 6) is 3.52. The monoisotopic (exact) mass is 448 g/mol. The normalized spacial score (nSPS) is 21.2. The summed E-state index contributed by atoms with van der Waals surface area (Å²) in [4.78, 5) is 4.34. The number of hydrogen-bond acceptors (Lipinski definition) is 3. The van der Waals surface area contributed by atoms with Crippen molar-refractivity contribution in [3.8, 4) is 0 Å². The van der Waals surface area contributed by atoms with Crippen molar-refractivity contribution in [3.63, 3.8) is 0 Å². The molecule has 1 aromatic rings. The number of aryl methyl sites for hydroxylation is 2. The molecule has 0 amide bonds. The van der Waals surface area contributed by atoms with Gasteiger partial charge in [0.15, 0.2) is 5.96 Å². The van der Waals surface area contributed by atoms with E-state index in [9.17, 15) is 0 Å². The van der Waals surface area contributed by atoms with Crippen molar-refractivity contribution in [1.82, 2.24) is 15.8 Å². The highest BCUT2D eigenvalue weighted by Crippen LogP contribution is 2.27. The lowest BCUT2D eigenvalue weighted by Crippen LogP contribution is -2.40. The summed E-state index contributed by atoms with van der Waals surface area (Å²) < 4.78 is 5.42. The van der Waals surface area contributed by atoms with Crippen LogP contribution in [0.15, 0.2) is 9.52 Å². The van der Waals surface area contributed by atoms with E-state index in [0.29, 0.717) is 0 Å². The molecule has 2 rings (SSSR count). The standard InChI is InChI=1S/C18H32N4O.HI/c1-5-16-15(17(6-2)23-22-16)12-21-18(19-4)20-11-14-9-7-13(3)8-10-14;/h13-14H,5-12H2,1-4H3,(H2,19,20,21);1H. The van der Waals surface area contributed by atoms with Gasteiger partial charge < -0.3 is 15.2 Å². The molecule has 0 aliphatic heterocycles. The van der Waals surface area contributed by atoms with Gasteiger partial charge in [0.2, 0.25) is 0 Å². The first-order chi connectivity index (χ1) is 11.2. The van der Waals surface area contributed by atoms with Crippen LogP contribution in [0.2, 0.25) is 0 Å². The maximum Gasteiger partial charge on any atom is 0.191 e. The second-order valence-corrected chi connectivity index (χ2v) is 6.67. The van der Waals surface area contributed by atoms with Crippen LogP contribution in [-0.2, 0) is 19.4 Å². The fraction of sp³-hybridized carbons (Fsp3) is 0.778. The first-order valence-electron chi connectivity index (χ1n) is 9.08. The molecule has 0 bridgehead atoms. The van der Waals surface area contributed by atoms with Gasteiger partial charge in [0.05, 0.1) is 5.69 Å². The summed E-state index contributed by atoms with van der Waals surface area (Å²) in [5.41, 5.74) is 2.23. The molecule has 0 atom stereocenters. The molecule has 0 aromatic carbocycles. The third-order valence-electron chi connectivity index (χ3n) is 4.96. The minimum atomic E-state index is 0. The van der Waals surface area contributed by atoms with Gasteiger partial charge in [-0.05, 0) is 31.1 Å². The van der Waals surface area contributed by atoms with E-state index in [1.54, 1.807) is 0 Å². The average Bonchev–Trinajstić information content (AvgIpc) is 2.98. The van der Waals surface area contributed by atoms with Crippen LogP contribution in [0, 0.1) is 11.8 Å². The second kappa shape index (κ2) is 10.9. The van der Waals surface area contributed by atoms with Crippen LogP contribution < -0.4 is 10.6 Å². The van der Waals surface area contributed by atoms with E-state index >= 15 is 0 Å². The van der Waals surface area contributed by atoms with E-state index in [1.165, 1.54) is 31.2 Å². The Kier molecular flexibility index (Phi) is 9.69. The zero-order chi connectivity index (χ0) is 16.7. The van der Waals surface area contributed by atoms with E-state index in [0.717, 1.165) is 55.2 Å². The van der Waals surface area contributed by atoms with E-state index in [2.05, 4.69) is 41.6 Å². The molecule has 1 saturated carbocycles. The van der Waals surface area contributed by atoms with Gasteiger partial charge >= 0.3 is 0 Å². The van der Waals surface area contributed by atoms with Crippen LogP contribution >= 0.6 is 24.0 Å². The van der Waals surface area contributed by atoms with Gasteiger partial charge in [-0.1, -0.05) is 38.8 Å². The third kappa shape index (κ3) is 5.93. The van der Waals surface area contributed by atoms with E-state index < -0.39 is 0 Å². The van der Waals surface area contributed by atoms with Crippen molar-refractivity contribution in [1.29, 1.82) is 0 Å². The first kappa shape index (κ1) is 21.3. The summed E-state index contributed by atoms with van der Waals surface area (Å²) >= 11 is 0. The Labute approximate surface area is 163 Å². The molecule has 0 saturated heterocycles. The summed E-state index contributed by atoms with van der Waals surface area (Å²) in [7, 11) is 1.83. The lowest BCUT2D eigenvalue weighted by molar-refractivity contribution is 0.289. The molecular formula is C18H33IN4O. The van der Waals surface area contributed by atoms with Gasteiger partial charge in [-0.2, -0.15) is 0 Å². The van der Waals surface area contributed by atoms with Gasteiger partial charge in [-0.15, -0.1) is 24.0 Å². The van der Waals surface area contributed by atoms with Crippen LogP contribution in [0.3, 0.4) is 0 Å². The topological polar surface area (TPSA) is 62.5 Å². The highest BCUT2D eigenvalue weighted by atomic mass is 127. The summed E-state index contributed by atoms with van der Waals surface area (Å²) in [6.07, 6.45) is 7.15. The summed E-state index contributed by atoms with van der Waals surface area (Å²) in [6, 6.07) is 0. The smallest absolute Gasteiger partial charge is 0.191 e. The fourth-order valence-electron chi connectivity index (χ4n) is 3.30. The van der Waals surface area contributed by atoms with Crippen molar-refractivity contribution in [3.05, 3.63) is 17.0 Å². The van der Waals surface area contributed by atoms with Gasteiger partial charge in [-0.3, -0.25) is 4.99 Å². The average molecular weight is 448 g/mol. The van der Waals surface area contributed by atoms with Crippen molar-refractivity contribution in [2.24, 2.45) is 16.8 Å². The molecule has 1 fully saturated rings. The number of rotatable bonds is 6. The van der Waals surface area contributed by atoms with Gasteiger partial charge in [0.1, 0.15) is 5.76 Å². The highest BCUT2D eigenvalue weighted by molar-refractivity contribution is 14.0. The Hall–Kier alpha value is -0.790. The van der Waals surface area contributed by atoms with E-state index in [1.807, 2.05) is 7.05 Å². The van der Waals surface area contributed by atoms with Crippen LogP contribution in [0.4, 0.5) is 0 Å². The van der Waals surface area contributed by atoms with Crippen LogP contribution in [0.1, 0.15) is 63.5 Å². The Morgan fingerprint density at radius 2 is 1.88 bits per heavy atom. The number of halogens is 1. The molecule has 1 aliphatic rings. The molecule has 2 N–H and O–H groups in total. The lowest BCUT2D eigenvalue weighted by Gasteiger charge is -2.26. The Morgan fingerprint density at radius 1 is 1.17 bits per heavy atom. The number of guanidine groups is 1. The van der Waals surface area contributed by atoms with Gasteiger partial charge in [-0.25, -0.2) is 0 Å². The molecule has 6 heteroatoms. The molecule has 1 aliphatic carbocycles. The summed E-state index contributed by atoms with van der Waals surface area (Å²) in [6.45, 7) is 8.30. The maximum absolute atomic E-state index is 5.42. The molecule has 1 heterocycles. The number of nitrogens with one attached hydrogen (secondary N) is 2. The van der Waals surface area contributed by atoms with Crippen molar-refractivity contribution in [2.45, 2.75) is 65.8 Å². The number of hydrogen-bond donors (Lipinski definition) is 2. The predicted molar refractivity (Wildman–Crippen MR) is 110 cm³/mol. The minimum absolute atomic E-state index is 0. The van der Waals surface area contributed by atoms with Crippen LogP contribution in [0.25, 0.3) is 0 Å². The van der Waals surface area contributed by atoms with Crippen LogP contribution in [-0.4, -0.2) is 24.7 Å². The van der Waals surface area contributed by atoms with Crippen LogP contribution in [0.5, 0.6) is 0 Å². The third-order valence-corrected chi connectivity index (χ3v) is 4.96. The molecule has 1 aromatic heterocycles. The van der Waals surface area contributed by atoms with Crippen molar-refractivity contribution < 1.29 is 4.52 Å². The number of aromatic nitrogens is 1. The Balaban J connectivity index is 0.00000288. The molecule has 0 spiro atoms. The second-order valence-electron chi connectivity index (χ2n) is 6.67. The number of nitrogens with zero attached hydrogens (tertiary/aromatic N) is 2. The Morgan fingerprint density at radius 3 is 2.46 bits per heavy atom. The largest absolute Gasteiger partial charge is 0.361 e. The molecule has 5 nitrogen and oxygen atoms in total. The summed E-state index contributed by atoms with van der Waals surface area (Å²) in [5, 5.41) is 11.0. The van der Waals surface area contributed by atoms with Crippen molar-refractivity contribution >= 4 is 29.9 Å². The lowest BCUT2D eigenvalue weighted by atomic mass is 9.83. The molecule has 0 unspecified atom stereocenters. The van der Waals surface area contributed by atoms with Gasteiger partial charge in [0, 0.05) is 32.1 Å². The van der Waals surface area contributed by atoms with Gasteiger partial charge in [0.25, 0.3) is 0 Å². The minimum Gasteiger partial charge on any atom is -0.361 e. The van der Waals surface area contributed by atoms with E-state index in [-0.39, 0.29) is 24.0 Å². The molecule has 138 valence electrons. The maximum atomic E-state index is 5.42.